The lowest BCUT2D eigenvalue weighted by Crippen LogP contribution is -2.34. The first kappa shape index (κ1) is 11.4. The quantitative estimate of drug-likeness (QED) is 0.704. The highest BCUT2D eigenvalue weighted by Gasteiger charge is 2.16. The molecule has 3 heteroatoms. The van der Waals surface area contributed by atoms with Gasteiger partial charge in [0.25, 0.3) is 0 Å². The summed E-state index contributed by atoms with van der Waals surface area (Å²) in [6.07, 6.45) is 0. The molecule has 0 unspecified atom stereocenters. The van der Waals surface area contributed by atoms with Gasteiger partial charge in [0.1, 0.15) is 0 Å². The molecular formula is C11H17O2Si. The van der Waals surface area contributed by atoms with Crippen molar-refractivity contribution in [3.05, 3.63) is 29.8 Å². The smallest absolute Gasteiger partial charge is 0.393 e. The molecule has 1 rings (SSSR count). The van der Waals surface area contributed by atoms with Gasteiger partial charge in [0.2, 0.25) is 0 Å². The number of benzene rings is 1. The Bertz CT molecular complexity index is 282. The van der Waals surface area contributed by atoms with E-state index in [1.54, 1.807) is 14.2 Å². The highest BCUT2D eigenvalue weighted by atomic mass is 28.3. The van der Waals surface area contributed by atoms with Crippen molar-refractivity contribution in [3.63, 3.8) is 0 Å². The van der Waals surface area contributed by atoms with E-state index in [2.05, 4.69) is 38.1 Å². The van der Waals surface area contributed by atoms with Gasteiger partial charge >= 0.3 is 9.28 Å². The molecule has 0 saturated carbocycles. The van der Waals surface area contributed by atoms with Gasteiger partial charge in [0, 0.05) is 14.2 Å². The largest absolute Gasteiger partial charge is 0.423 e. The van der Waals surface area contributed by atoms with Gasteiger partial charge in [-0.15, -0.1) is 0 Å². The van der Waals surface area contributed by atoms with Crippen molar-refractivity contribution >= 4 is 14.5 Å². The van der Waals surface area contributed by atoms with E-state index in [9.17, 15) is 0 Å². The van der Waals surface area contributed by atoms with Crippen molar-refractivity contribution in [1.29, 1.82) is 0 Å². The van der Waals surface area contributed by atoms with Gasteiger partial charge in [0.05, 0.1) is 0 Å². The third-order valence-corrected chi connectivity index (χ3v) is 3.68. The van der Waals surface area contributed by atoms with Gasteiger partial charge in [0.15, 0.2) is 0 Å². The van der Waals surface area contributed by atoms with Gasteiger partial charge in [-0.1, -0.05) is 38.1 Å². The van der Waals surface area contributed by atoms with Crippen molar-refractivity contribution in [3.8, 4) is 0 Å². The highest BCUT2D eigenvalue weighted by Crippen LogP contribution is 2.11. The van der Waals surface area contributed by atoms with Crippen molar-refractivity contribution < 1.29 is 8.85 Å². The second-order valence-electron chi connectivity index (χ2n) is 3.48. The molecule has 1 aromatic carbocycles. The lowest BCUT2D eigenvalue weighted by atomic mass is 10.0. The maximum Gasteiger partial charge on any atom is 0.423 e. The zero-order valence-electron chi connectivity index (χ0n) is 9.20. The Hall–Kier alpha value is -0.643. The number of hydrogen-bond acceptors (Lipinski definition) is 2. The van der Waals surface area contributed by atoms with Crippen molar-refractivity contribution in [2.75, 3.05) is 14.2 Å². The Morgan fingerprint density at radius 1 is 1.14 bits per heavy atom. The summed E-state index contributed by atoms with van der Waals surface area (Å²) in [4.78, 5) is 0. The zero-order valence-corrected chi connectivity index (χ0v) is 10.2. The summed E-state index contributed by atoms with van der Waals surface area (Å²) in [5, 5.41) is 1.17. The van der Waals surface area contributed by atoms with Crippen LogP contribution < -0.4 is 5.19 Å². The molecule has 0 aliphatic carbocycles. The first-order valence-corrected chi connectivity index (χ1v) is 6.06. The molecule has 0 amide bonds. The average molecular weight is 209 g/mol. The third-order valence-electron chi connectivity index (χ3n) is 2.16. The Morgan fingerprint density at radius 2 is 1.79 bits per heavy atom. The molecule has 77 valence electrons. The van der Waals surface area contributed by atoms with E-state index in [-0.39, 0.29) is 0 Å². The van der Waals surface area contributed by atoms with Crippen molar-refractivity contribution in [2.24, 2.45) is 0 Å². The fourth-order valence-corrected chi connectivity index (χ4v) is 2.50. The van der Waals surface area contributed by atoms with Crippen LogP contribution in [0.5, 0.6) is 0 Å². The first-order chi connectivity index (χ1) is 6.69. The molecule has 0 atom stereocenters. The minimum Gasteiger partial charge on any atom is -0.393 e. The molecule has 0 fully saturated rings. The summed E-state index contributed by atoms with van der Waals surface area (Å²) in [5.41, 5.74) is 1.33. The molecule has 0 N–H and O–H groups in total. The second kappa shape index (κ2) is 5.29. The topological polar surface area (TPSA) is 18.5 Å². The summed E-state index contributed by atoms with van der Waals surface area (Å²) < 4.78 is 10.6. The molecule has 0 aromatic heterocycles. The standard InChI is InChI=1S/C11H17O2Si/c1-9(2)10-6-5-7-11(8-10)14(12-3)13-4/h5-9H,1-4H3. The maximum absolute atomic E-state index is 5.30. The van der Waals surface area contributed by atoms with Crippen LogP contribution in [0, 0.1) is 0 Å². The van der Waals surface area contributed by atoms with Crippen LogP contribution in [0.15, 0.2) is 24.3 Å². The summed E-state index contributed by atoms with van der Waals surface area (Å²) in [6, 6.07) is 8.44. The van der Waals surface area contributed by atoms with E-state index in [0.717, 1.165) is 0 Å². The van der Waals surface area contributed by atoms with Gasteiger partial charge in [-0.25, -0.2) is 0 Å². The molecular weight excluding hydrogens is 192 g/mol. The lowest BCUT2D eigenvalue weighted by Gasteiger charge is -2.12. The molecule has 0 saturated heterocycles. The lowest BCUT2D eigenvalue weighted by molar-refractivity contribution is 0.292. The SMILES string of the molecule is CO[Si](OC)c1cccc(C(C)C)c1. The fourth-order valence-electron chi connectivity index (χ4n) is 1.34. The molecule has 1 aromatic rings. The molecule has 1 radical (unpaired) electrons. The summed E-state index contributed by atoms with van der Waals surface area (Å²) in [6.45, 7) is 4.37. The monoisotopic (exact) mass is 209 g/mol. The Labute approximate surface area is 87.7 Å². The fraction of sp³-hybridized carbons (Fsp3) is 0.455. The Morgan fingerprint density at radius 3 is 2.29 bits per heavy atom. The van der Waals surface area contributed by atoms with Crippen LogP contribution in [0.25, 0.3) is 0 Å². The molecule has 0 bridgehead atoms. The number of hydrogen-bond donors (Lipinski definition) is 0. The van der Waals surface area contributed by atoms with E-state index in [4.69, 9.17) is 8.85 Å². The van der Waals surface area contributed by atoms with E-state index in [1.165, 1.54) is 10.8 Å². The number of rotatable bonds is 4. The van der Waals surface area contributed by atoms with Crippen LogP contribution in [-0.2, 0) is 8.85 Å². The van der Waals surface area contributed by atoms with Crippen LogP contribution in [0.3, 0.4) is 0 Å². The predicted octanol–water partition coefficient (Wildman–Crippen LogP) is 1.80. The van der Waals surface area contributed by atoms with Gasteiger partial charge in [-0.05, 0) is 16.7 Å². The molecule has 2 nitrogen and oxygen atoms in total. The zero-order chi connectivity index (χ0) is 10.6. The first-order valence-electron chi connectivity index (χ1n) is 4.74. The van der Waals surface area contributed by atoms with Crippen LogP contribution in [0.2, 0.25) is 0 Å². The molecule has 0 spiro atoms. The molecule has 0 heterocycles. The Balaban J connectivity index is 2.92. The third kappa shape index (κ3) is 2.67. The van der Waals surface area contributed by atoms with Crippen LogP contribution >= 0.6 is 0 Å². The van der Waals surface area contributed by atoms with Crippen molar-refractivity contribution in [2.45, 2.75) is 19.8 Å². The molecule has 0 aliphatic heterocycles. The predicted molar refractivity (Wildman–Crippen MR) is 59.9 cm³/mol. The van der Waals surface area contributed by atoms with E-state index in [1.807, 2.05) is 0 Å². The van der Waals surface area contributed by atoms with E-state index in [0.29, 0.717) is 5.92 Å². The average Bonchev–Trinajstić information content (AvgIpc) is 2.20. The van der Waals surface area contributed by atoms with Gasteiger partial charge < -0.3 is 8.85 Å². The molecule has 14 heavy (non-hydrogen) atoms. The van der Waals surface area contributed by atoms with Crippen LogP contribution in [0.1, 0.15) is 25.3 Å². The normalized spacial score (nSPS) is 11.3. The molecule has 0 aliphatic rings. The highest BCUT2D eigenvalue weighted by molar-refractivity contribution is 6.61. The van der Waals surface area contributed by atoms with Crippen LogP contribution in [-0.4, -0.2) is 23.5 Å². The van der Waals surface area contributed by atoms with Gasteiger partial charge in [-0.3, -0.25) is 0 Å². The minimum atomic E-state index is -1.26. The van der Waals surface area contributed by atoms with Gasteiger partial charge in [-0.2, -0.15) is 0 Å². The summed E-state index contributed by atoms with van der Waals surface area (Å²) in [5.74, 6) is 0.548. The second-order valence-corrected chi connectivity index (χ2v) is 5.44. The Kier molecular flexibility index (Phi) is 4.32. The minimum absolute atomic E-state index is 0.548. The van der Waals surface area contributed by atoms with Crippen molar-refractivity contribution in [1.82, 2.24) is 0 Å². The van der Waals surface area contributed by atoms with E-state index >= 15 is 0 Å². The summed E-state index contributed by atoms with van der Waals surface area (Å²) in [7, 11) is 2.13. The van der Waals surface area contributed by atoms with E-state index < -0.39 is 9.28 Å². The maximum atomic E-state index is 5.30. The summed E-state index contributed by atoms with van der Waals surface area (Å²) >= 11 is 0. The van der Waals surface area contributed by atoms with Crippen LogP contribution in [0.4, 0.5) is 0 Å².